The van der Waals surface area contributed by atoms with E-state index < -0.39 is 31.6 Å². The van der Waals surface area contributed by atoms with E-state index >= 15 is 0 Å². The first kappa shape index (κ1) is 22.9. The Bertz CT molecular complexity index is 901. The van der Waals surface area contributed by atoms with Crippen LogP contribution in [0.4, 0.5) is 0 Å². The van der Waals surface area contributed by atoms with Gasteiger partial charge in [0.25, 0.3) is 0 Å². The summed E-state index contributed by atoms with van der Waals surface area (Å²) in [5.74, 6) is -1.36. The van der Waals surface area contributed by atoms with Crippen LogP contribution in [-0.4, -0.2) is 46.2 Å². The van der Waals surface area contributed by atoms with Crippen molar-refractivity contribution in [1.29, 1.82) is 5.26 Å². The summed E-state index contributed by atoms with van der Waals surface area (Å²) in [4.78, 5) is 27.3. The molecule has 0 radical (unpaired) electrons. The van der Waals surface area contributed by atoms with Crippen LogP contribution in [0.25, 0.3) is 0 Å². The molecule has 0 aromatic heterocycles. The first-order valence-corrected chi connectivity index (χ1v) is 9.67. The van der Waals surface area contributed by atoms with Gasteiger partial charge < -0.3 is 18.9 Å². The van der Waals surface area contributed by atoms with Gasteiger partial charge in [0.2, 0.25) is 0 Å². The molecular weight excluding hydrogens is 409 g/mol. The van der Waals surface area contributed by atoms with Crippen LogP contribution in [0.1, 0.15) is 20.7 Å². The minimum Gasteiger partial charge on any atom is -0.496 e. The van der Waals surface area contributed by atoms with Crippen LogP contribution in [0.2, 0.25) is 0 Å². The fraction of sp³-hybridized carbons (Fsp3) is 0.286. The first-order valence-electron chi connectivity index (χ1n) is 8.67. The van der Waals surface area contributed by atoms with Crippen molar-refractivity contribution in [3.63, 3.8) is 0 Å². The molecule has 0 saturated heterocycles. The zero-order valence-electron chi connectivity index (χ0n) is 16.9. The average molecular weight is 429 g/mol. The molecule has 0 atom stereocenters. The molecule has 2 aromatic carbocycles. The molecule has 9 heteroatoms. The Morgan fingerprint density at radius 3 is 1.40 bits per heavy atom. The van der Waals surface area contributed by atoms with Crippen molar-refractivity contribution in [1.82, 2.24) is 0 Å². The number of benzene rings is 2. The molecule has 0 spiro atoms. The Kier molecular flexibility index (Phi) is 7.51. The lowest BCUT2D eigenvalue weighted by Crippen LogP contribution is -2.41. The van der Waals surface area contributed by atoms with E-state index in [1.807, 2.05) is 0 Å². The summed E-state index contributed by atoms with van der Waals surface area (Å²) in [5, 5.41) is 10.0. The predicted octanol–water partition coefficient (Wildman–Crippen LogP) is 3.59. The third kappa shape index (κ3) is 3.85. The van der Waals surface area contributed by atoms with E-state index in [2.05, 4.69) is 0 Å². The third-order valence-corrected chi connectivity index (χ3v) is 5.18. The fourth-order valence-corrected chi connectivity index (χ4v) is 3.61. The van der Waals surface area contributed by atoms with Gasteiger partial charge in [-0.2, -0.15) is 5.26 Å². The number of Topliss-reactive ketones (excluding diaryl/α,β-unsaturated/α-hetero) is 2. The minimum atomic E-state index is -2.34. The maximum absolute atomic E-state index is 13.6. The van der Waals surface area contributed by atoms with Crippen LogP contribution in [-0.2, 0) is 4.57 Å². The van der Waals surface area contributed by atoms with Crippen LogP contribution in [0.15, 0.2) is 36.4 Å². The van der Waals surface area contributed by atoms with Crippen molar-refractivity contribution in [3.8, 4) is 29.1 Å². The topological polar surface area (TPSA) is 112 Å². The largest absolute Gasteiger partial charge is 0.496 e. The molecule has 0 saturated carbocycles. The molecule has 0 bridgehead atoms. The Morgan fingerprint density at radius 2 is 1.17 bits per heavy atom. The lowest BCUT2D eigenvalue weighted by atomic mass is 9.76. The monoisotopic (exact) mass is 429 g/mol. The summed E-state index contributed by atoms with van der Waals surface area (Å²) >= 11 is 0. The molecule has 0 heterocycles. The van der Waals surface area contributed by atoms with Crippen molar-refractivity contribution in [2.45, 2.75) is 0 Å². The van der Waals surface area contributed by atoms with E-state index in [4.69, 9.17) is 18.9 Å². The lowest BCUT2D eigenvalue weighted by Gasteiger charge is -2.25. The Hall–Kier alpha value is -3.43. The molecule has 0 aliphatic rings. The van der Waals surface area contributed by atoms with Crippen molar-refractivity contribution < 1.29 is 33.1 Å². The van der Waals surface area contributed by atoms with Crippen LogP contribution < -0.4 is 18.9 Å². The lowest BCUT2D eigenvalue weighted by molar-refractivity contribution is 0.0752. The molecular formula is C21H20NO7P. The van der Waals surface area contributed by atoms with Gasteiger partial charge in [0.1, 0.15) is 34.1 Å². The van der Waals surface area contributed by atoms with Crippen molar-refractivity contribution >= 4 is 20.0 Å². The second-order valence-electron chi connectivity index (χ2n) is 6.04. The van der Waals surface area contributed by atoms with Crippen LogP contribution in [0.5, 0.6) is 23.0 Å². The summed E-state index contributed by atoms with van der Waals surface area (Å²) in [5.41, 5.74) is -2.54. The van der Waals surface area contributed by atoms with E-state index in [-0.39, 0.29) is 34.1 Å². The van der Waals surface area contributed by atoms with E-state index in [0.29, 0.717) is 0 Å². The van der Waals surface area contributed by atoms with Gasteiger partial charge in [-0.3, -0.25) is 14.2 Å². The van der Waals surface area contributed by atoms with Gasteiger partial charge in [-0.15, -0.1) is 0 Å². The minimum absolute atomic E-state index is 0.102. The number of nitrogens with zero attached hydrogens (tertiary/aromatic N) is 1. The highest BCUT2D eigenvalue weighted by atomic mass is 31.1. The number of carbonyl (C=O) groups excluding carboxylic acids is 2. The molecule has 0 aliphatic carbocycles. The Morgan fingerprint density at radius 1 is 0.833 bits per heavy atom. The van der Waals surface area contributed by atoms with Crippen LogP contribution in [0, 0.1) is 16.7 Å². The molecule has 0 aliphatic heterocycles. The number of methoxy groups -OCH3 is 4. The van der Waals surface area contributed by atoms with Gasteiger partial charge in [0.05, 0.1) is 40.7 Å². The zero-order chi connectivity index (χ0) is 22.3. The third-order valence-electron chi connectivity index (χ3n) is 4.58. The summed E-state index contributed by atoms with van der Waals surface area (Å²) in [6.07, 6.45) is -0.580. The summed E-state index contributed by atoms with van der Waals surface area (Å²) < 4.78 is 32.6. The molecule has 8 nitrogen and oxygen atoms in total. The van der Waals surface area contributed by atoms with E-state index in [0.717, 1.165) is 0 Å². The van der Waals surface area contributed by atoms with Crippen LogP contribution in [0.3, 0.4) is 0 Å². The van der Waals surface area contributed by atoms with Gasteiger partial charge in [0, 0.05) is 0 Å². The number of hydrogen-bond donors (Lipinski definition) is 0. The number of ketones is 2. The quantitative estimate of drug-likeness (QED) is 0.320. The normalized spacial score (nSPS) is 10.8. The molecule has 0 fully saturated rings. The standard InChI is InChI=1S/C21H20NO7P/c1-26-13-7-5-8-14(27-2)17(13)19(23)21(11-22,12-30-25)20(24)18-15(28-3)9-6-10-16(18)29-4/h5-10H,12H2,1-4H3. The predicted molar refractivity (Wildman–Crippen MR) is 108 cm³/mol. The average Bonchev–Trinajstić information content (AvgIpc) is 2.80. The molecule has 0 N–H and O–H groups in total. The highest BCUT2D eigenvalue weighted by molar-refractivity contribution is 7.24. The number of rotatable bonds is 10. The Balaban J connectivity index is 2.81. The number of nitriles is 1. The highest BCUT2D eigenvalue weighted by Gasteiger charge is 2.50. The first-order chi connectivity index (χ1) is 14.4. The van der Waals surface area contributed by atoms with Gasteiger partial charge in [-0.25, -0.2) is 0 Å². The van der Waals surface area contributed by atoms with E-state index in [1.54, 1.807) is 18.2 Å². The van der Waals surface area contributed by atoms with E-state index in [1.165, 1.54) is 52.7 Å². The molecule has 2 rings (SSSR count). The van der Waals surface area contributed by atoms with Gasteiger partial charge in [0.15, 0.2) is 25.4 Å². The Labute approximate surface area is 175 Å². The second-order valence-corrected chi connectivity index (χ2v) is 6.61. The number of hydrogen-bond acceptors (Lipinski definition) is 8. The van der Waals surface area contributed by atoms with E-state index in [9.17, 15) is 19.4 Å². The van der Waals surface area contributed by atoms with Crippen molar-refractivity contribution in [2.24, 2.45) is 5.41 Å². The maximum Gasteiger partial charge on any atom is 0.199 e. The molecule has 0 amide bonds. The van der Waals surface area contributed by atoms with Gasteiger partial charge in [-0.1, -0.05) is 12.1 Å². The van der Waals surface area contributed by atoms with Crippen molar-refractivity contribution in [2.75, 3.05) is 34.6 Å². The fourth-order valence-electron chi connectivity index (χ4n) is 3.06. The molecule has 0 unspecified atom stereocenters. The maximum atomic E-state index is 13.6. The summed E-state index contributed by atoms with van der Waals surface area (Å²) in [6.45, 7) is 0. The smallest absolute Gasteiger partial charge is 0.199 e. The van der Waals surface area contributed by atoms with Gasteiger partial charge in [-0.05, 0) is 24.3 Å². The zero-order valence-corrected chi connectivity index (χ0v) is 17.8. The SMILES string of the molecule is COc1cccc(OC)c1C(=O)C(C#N)(CP=O)C(=O)c1c(OC)cccc1OC. The number of ether oxygens (including phenoxy) is 4. The summed E-state index contributed by atoms with van der Waals surface area (Å²) in [7, 11) is 4.80. The molecule has 156 valence electrons. The molecule has 30 heavy (non-hydrogen) atoms. The second kappa shape index (κ2) is 9.86. The molecule has 2 aromatic rings. The van der Waals surface area contributed by atoms with Gasteiger partial charge >= 0.3 is 0 Å². The highest BCUT2D eigenvalue weighted by Crippen LogP contribution is 2.41. The summed E-state index contributed by atoms with van der Waals surface area (Å²) in [6, 6.07) is 11.0. The van der Waals surface area contributed by atoms with Crippen molar-refractivity contribution in [3.05, 3.63) is 47.5 Å². The number of carbonyl (C=O) groups is 2. The van der Waals surface area contributed by atoms with Crippen LogP contribution >= 0.6 is 8.46 Å².